The minimum Gasteiger partial charge on any atom is -0.383 e. The van der Waals surface area contributed by atoms with Crippen molar-refractivity contribution in [2.24, 2.45) is 0 Å². The van der Waals surface area contributed by atoms with Gasteiger partial charge in [0.15, 0.2) is 0 Å². The van der Waals surface area contributed by atoms with Gasteiger partial charge in [-0.1, -0.05) is 76.2 Å². The predicted molar refractivity (Wildman–Crippen MR) is 119 cm³/mol. The van der Waals surface area contributed by atoms with Crippen molar-refractivity contribution in [2.45, 2.75) is 39.5 Å². The molecular formula is C24H28N4. The highest BCUT2D eigenvalue weighted by atomic mass is 15.0. The van der Waals surface area contributed by atoms with Gasteiger partial charge in [-0.05, 0) is 45.7 Å². The van der Waals surface area contributed by atoms with E-state index >= 15 is 0 Å². The molecule has 0 fully saturated rings. The van der Waals surface area contributed by atoms with Crippen LogP contribution in [0, 0.1) is 0 Å². The zero-order chi connectivity index (χ0) is 20.3. The number of aromatic nitrogens is 2. The Morgan fingerprint density at radius 2 is 1.21 bits per heavy atom. The van der Waals surface area contributed by atoms with Gasteiger partial charge in [0.05, 0.1) is 5.56 Å². The van der Waals surface area contributed by atoms with Crippen LogP contribution in [0.4, 0.5) is 11.6 Å². The van der Waals surface area contributed by atoms with E-state index in [0.29, 0.717) is 29.0 Å². The number of nitrogen functional groups attached to an aromatic ring is 2. The molecule has 4 N–H and O–H groups in total. The van der Waals surface area contributed by atoms with Crippen molar-refractivity contribution >= 4 is 23.3 Å². The molecule has 1 aromatic heterocycles. The lowest BCUT2D eigenvalue weighted by molar-refractivity contribution is 0.866. The zero-order valence-corrected chi connectivity index (χ0v) is 17.0. The van der Waals surface area contributed by atoms with E-state index in [0.717, 1.165) is 16.7 Å². The summed E-state index contributed by atoms with van der Waals surface area (Å²) in [7, 11) is 0. The molecule has 0 amide bonds. The summed E-state index contributed by atoms with van der Waals surface area (Å²) in [5.74, 6) is 1.73. The zero-order valence-electron chi connectivity index (χ0n) is 17.0. The maximum atomic E-state index is 6.18. The van der Waals surface area contributed by atoms with Gasteiger partial charge in [-0.2, -0.15) is 0 Å². The second kappa shape index (κ2) is 8.26. The molecule has 0 bridgehead atoms. The summed E-state index contributed by atoms with van der Waals surface area (Å²) >= 11 is 0. The maximum absolute atomic E-state index is 6.18. The number of nitrogens with zero attached hydrogens (tertiary/aromatic N) is 2. The first-order valence-electron chi connectivity index (χ1n) is 9.65. The molecule has 1 heterocycles. The summed E-state index contributed by atoms with van der Waals surface area (Å²) in [6.45, 7) is 8.75. The molecule has 2 aromatic carbocycles. The third kappa shape index (κ3) is 4.22. The smallest absolute Gasteiger partial charge is 0.136 e. The molecule has 0 aliphatic carbocycles. The van der Waals surface area contributed by atoms with Gasteiger partial charge >= 0.3 is 0 Å². The predicted octanol–water partition coefficient (Wildman–Crippen LogP) is 5.48. The SMILES string of the molecule is CC(C)c1ccc(/C=C(\c2ccc(C(C)C)cc2)c2c(N)ncnc2N)cc1. The molecule has 3 rings (SSSR count). The lowest BCUT2D eigenvalue weighted by atomic mass is 9.93. The Morgan fingerprint density at radius 1 is 0.750 bits per heavy atom. The van der Waals surface area contributed by atoms with Crippen LogP contribution in [0.25, 0.3) is 11.6 Å². The first-order valence-corrected chi connectivity index (χ1v) is 9.65. The second-order valence-corrected chi connectivity index (χ2v) is 7.68. The monoisotopic (exact) mass is 372 g/mol. The fraction of sp³-hybridized carbons (Fsp3) is 0.250. The summed E-state index contributed by atoms with van der Waals surface area (Å²) in [6.07, 6.45) is 3.49. The lowest BCUT2D eigenvalue weighted by Crippen LogP contribution is -2.05. The number of anilines is 2. The highest BCUT2D eigenvalue weighted by Gasteiger charge is 2.15. The quantitative estimate of drug-likeness (QED) is 0.582. The molecule has 0 atom stereocenters. The van der Waals surface area contributed by atoms with Crippen LogP contribution in [0.3, 0.4) is 0 Å². The second-order valence-electron chi connectivity index (χ2n) is 7.68. The summed E-state index contributed by atoms with van der Waals surface area (Å²) in [4.78, 5) is 8.31. The van der Waals surface area contributed by atoms with Gasteiger partial charge in [0, 0.05) is 0 Å². The Kier molecular flexibility index (Phi) is 5.78. The topological polar surface area (TPSA) is 77.8 Å². The van der Waals surface area contributed by atoms with Crippen LogP contribution < -0.4 is 11.5 Å². The summed E-state index contributed by atoms with van der Waals surface area (Å²) in [5.41, 5.74) is 18.7. The van der Waals surface area contributed by atoms with Crippen LogP contribution >= 0.6 is 0 Å². The van der Waals surface area contributed by atoms with E-state index in [9.17, 15) is 0 Å². The van der Waals surface area contributed by atoms with Gasteiger partial charge in [-0.3, -0.25) is 0 Å². The molecular weight excluding hydrogens is 344 g/mol. The molecule has 0 radical (unpaired) electrons. The average Bonchev–Trinajstić information content (AvgIpc) is 2.67. The molecule has 3 aromatic rings. The van der Waals surface area contributed by atoms with E-state index in [1.807, 2.05) is 0 Å². The molecule has 4 heteroatoms. The van der Waals surface area contributed by atoms with Crippen LogP contribution in [0.5, 0.6) is 0 Å². The maximum Gasteiger partial charge on any atom is 0.136 e. The van der Waals surface area contributed by atoms with Gasteiger partial charge in [-0.15, -0.1) is 0 Å². The Hall–Kier alpha value is -3.14. The molecule has 0 saturated heterocycles. The minimum atomic E-state index is 0.380. The van der Waals surface area contributed by atoms with Crippen molar-refractivity contribution in [1.82, 2.24) is 9.97 Å². The van der Waals surface area contributed by atoms with E-state index in [-0.39, 0.29) is 0 Å². The Labute approximate surface area is 167 Å². The fourth-order valence-corrected chi connectivity index (χ4v) is 3.18. The van der Waals surface area contributed by atoms with E-state index in [4.69, 9.17) is 11.5 Å². The molecule has 0 saturated carbocycles. The standard InChI is InChI=1S/C24H28N4/c1-15(2)18-7-5-17(6-8-18)13-21(22-23(25)27-14-28-24(22)26)20-11-9-19(10-12-20)16(3)4/h5-16H,1-4H3,(H4,25,26,27,28)/b21-13+. The molecule has 28 heavy (non-hydrogen) atoms. The highest BCUT2D eigenvalue weighted by molar-refractivity contribution is 5.97. The first kappa shape index (κ1) is 19.6. The van der Waals surface area contributed by atoms with Crippen LogP contribution in [0.1, 0.15) is 67.3 Å². The molecule has 4 nitrogen and oxygen atoms in total. The van der Waals surface area contributed by atoms with E-state index in [1.54, 1.807) is 0 Å². The van der Waals surface area contributed by atoms with Crippen molar-refractivity contribution in [1.29, 1.82) is 0 Å². The molecule has 0 aliphatic heterocycles. The van der Waals surface area contributed by atoms with Crippen LogP contribution in [0.2, 0.25) is 0 Å². The van der Waals surface area contributed by atoms with Crippen molar-refractivity contribution in [3.05, 3.63) is 82.7 Å². The number of rotatable bonds is 5. The van der Waals surface area contributed by atoms with Gasteiger partial charge in [0.2, 0.25) is 0 Å². The van der Waals surface area contributed by atoms with Gasteiger partial charge in [0.25, 0.3) is 0 Å². The third-order valence-electron chi connectivity index (χ3n) is 4.98. The molecule has 0 unspecified atom stereocenters. The van der Waals surface area contributed by atoms with Crippen molar-refractivity contribution in [3.8, 4) is 0 Å². The van der Waals surface area contributed by atoms with Gasteiger partial charge in [0.1, 0.15) is 18.0 Å². The Morgan fingerprint density at radius 3 is 1.68 bits per heavy atom. The first-order chi connectivity index (χ1) is 13.4. The molecule has 0 spiro atoms. The minimum absolute atomic E-state index is 0.380. The fourth-order valence-electron chi connectivity index (χ4n) is 3.18. The summed E-state index contributed by atoms with van der Waals surface area (Å²) in [5, 5.41) is 0. The van der Waals surface area contributed by atoms with E-state index in [1.165, 1.54) is 17.5 Å². The van der Waals surface area contributed by atoms with Crippen LogP contribution in [0.15, 0.2) is 54.9 Å². The van der Waals surface area contributed by atoms with E-state index in [2.05, 4.69) is 92.3 Å². The normalized spacial score (nSPS) is 12.0. The van der Waals surface area contributed by atoms with E-state index < -0.39 is 0 Å². The van der Waals surface area contributed by atoms with Gasteiger partial charge in [-0.25, -0.2) is 9.97 Å². The number of hydrogen-bond acceptors (Lipinski definition) is 4. The van der Waals surface area contributed by atoms with Gasteiger partial charge < -0.3 is 11.5 Å². The Balaban J connectivity index is 2.14. The highest BCUT2D eigenvalue weighted by Crippen LogP contribution is 2.33. The van der Waals surface area contributed by atoms with Crippen LogP contribution in [-0.4, -0.2) is 9.97 Å². The van der Waals surface area contributed by atoms with Crippen molar-refractivity contribution in [3.63, 3.8) is 0 Å². The lowest BCUT2D eigenvalue weighted by Gasteiger charge is -2.14. The number of benzene rings is 2. The van der Waals surface area contributed by atoms with Crippen molar-refractivity contribution < 1.29 is 0 Å². The molecule has 0 aliphatic rings. The molecule has 144 valence electrons. The summed E-state index contributed by atoms with van der Waals surface area (Å²) in [6, 6.07) is 17.1. The average molecular weight is 373 g/mol. The van der Waals surface area contributed by atoms with Crippen LogP contribution in [-0.2, 0) is 0 Å². The number of hydrogen-bond donors (Lipinski definition) is 2. The Bertz CT molecular complexity index is 948. The number of nitrogens with two attached hydrogens (primary N) is 2. The summed E-state index contributed by atoms with van der Waals surface area (Å²) < 4.78 is 0. The largest absolute Gasteiger partial charge is 0.383 e. The third-order valence-corrected chi connectivity index (χ3v) is 4.98. The van der Waals surface area contributed by atoms with Crippen molar-refractivity contribution in [2.75, 3.05) is 11.5 Å².